The van der Waals surface area contributed by atoms with Crippen LogP contribution in [-0.4, -0.2) is 0 Å². The maximum atomic E-state index is 4.74. The third kappa shape index (κ3) is 5.37. The Morgan fingerprint density at radius 1 is 0.925 bits per heavy atom. The van der Waals surface area contributed by atoms with E-state index in [-0.39, 0.29) is 5.92 Å². The predicted molar refractivity (Wildman–Crippen MR) is 175 cm³/mol. The summed E-state index contributed by atoms with van der Waals surface area (Å²) >= 11 is 0. The second-order valence-corrected chi connectivity index (χ2v) is 11.7. The zero-order valence-corrected chi connectivity index (χ0v) is 24.9. The van der Waals surface area contributed by atoms with Gasteiger partial charge in [0.25, 0.3) is 0 Å². The zero-order valence-electron chi connectivity index (χ0n) is 24.9. The number of aryl methyl sites for hydroxylation is 1. The maximum absolute atomic E-state index is 4.74. The molecule has 0 saturated heterocycles. The summed E-state index contributed by atoms with van der Waals surface area (Å²) < 4.78 is 0. The van der Waals surface area contributed by atoms with Crippen LogP contribution in [0.15, 0.2) is 132 Å². The van der Waals surface area contributed by atoms with Gasteiger partial charge in [0, 0.05) is 11.8 Å². The molecule has 3 aliphatic rings. The maximum Gasteiger partial charge on any atom is 0.0201 e. The molecule has 2 aromatic carbocycles. The van der Waals surface area contributed by atoms with Gasteiger partial charge in [-0.05, 0) is 106 Å². The first-order valence-electron chi connectivity index (χ1n) is 15.1. The minimum atomic E-state index is 0.281. The van der Waals surface area contributed by atoms with Crippen LogP contribution in [0.5, 0.6) is 0 Å². The lowest BCUT2D eigenvalue weighted by Gasteiger charge is -2.34. The molecule has 0 heterocycles. The van der Waals surface area contributed by atoms with Crippen LogP contribution >= 0.6 is 0 Å². The van der Waals surface area contributed by atoms with Gasteiger partial charge in [-0.1, -0.05) is 125 Å². The second-order valence-electron chi connectivity index (χ2n) is 11.7. The molecular weight excluding hydrogens is 480 g/mol. The molecule has 0 bridgehead atoms. The zero-order chi connectivity index (χ0) is 28.4. The minimum Gasteiger partial charge on any atom is -0.0955 e. The van der Waals surface area contributed by atoms with Crippen LogP contribution in [0.4, 0.5) is 0 Å². The molecule has 3 aliphatic carbocycles. The molecule has 40 heavy (non-hydrogen) atoms. The van der Waals surface area contributed by atoms with Gasteiger partial charge in [-0.3, -0.25) is 0 Å². The fraction of sp³-hybridized carbons (Fsp3) is 0.300. The number of hydrogen-bond acceptors (Lipinski definition) is 0. The Bertz CT molecular complexity index is 1510. The topological polar surface area (TPSA) is 0 Å². The highest BCUT2D eigenvalue weighted by Crippen LogP contribution is 2.55. The fourth-order valence-electron chi connectivity index (χ4n) is 6.80. The summed E-state index contributed by atoms with van der Waals surface area (Å²) in [6.07, 6.45) is 15.6. The van der Waals surface area contributed by atoms with Gasteiger partial charge in [0.1, 0.15) is 0 Å². The first-order chi connectivity index (χ1) is 19.3. The molecule has 2 aromatic rings. The average Bonchev–Trinajstić information content (AvgIpc) is 3.56. The quantitative estimate of drug-likeness (QED) is 0.306. The summed E-state index contributed by atoms with van der Waals surface area (Å²) in [5, 5.41) is 0. The van der Waals surface area contributed by atoms with E-state index < -0.39 is 0 Å². The molecule has 1 fully saturated rings. The molecule has 0 aliphatic heterocycles. The van der Waals surface area contributed by atoms with Crippen LogP contribution in [0.2, 0.25) is 0 Å². The monoisotopic (exact) mass is 524 g/mol. The Kier molecular flexibility index (Phi) is 8.27. The van der Waals surface area contributed by atoms with Gasteiger partial charge >= 0.3 is 0 Å². The standard InChI is InChI=1S/C40H44/c1-8-12-27(5)38-28(6)21-37-25-36(29(7)39(37)40(38)32-18-15-30(10-3)16-19-32)23-31-17-20-35(22-31)34-14-11-13-33(24-34)26(4)9-2/h11,13-21,23-24,39-40H,4-5,7-10,12,22,25H2,1-3,6H3/b36-23+. The fourth-order valence-corrected chi connectivity index (χ4v) is 6.80. The Balaban J connectivity index is 1.42. The lowest BCUT2D eigenvalue weighted by atomic mass is 9.69. The molecule has 0 radical (unpaired) electrons. The highest BCUT2D eigenvalue weighted by Gasteiger charge is 2.40. The van der Waals surface area contributed by atoms with Crippen LogP contribution in [0, 0.1) is 5.92 Å². The van der Waals surface area contributed by atoms with E-state index in [0.29, 0.717) is 5.92 Å². The Hall–Kier alpha value is -3.64. The van der Waals surface area contributed by atoms with E-state index >= 15 is 0 Å². The summed E-state index contributed by atoms with van der Waals surface area (Å²) in [5.41, 5.74) is 17.5. The molecule has 0 spiro atoms. The molecule has 204 valence electrons. The molecule has 0 aromatic heterocycles. The van der Waals surface area contributed by atoms with Crippen molar-refractivity contribution in [1.82, 2.24) is 0 Å². The SMILES string of the molecule is C=C(CCC)C1=C(C)C=C2C/C(=C\C3=CC=C(c4cccc(C(=C)CC)c4)C3)C(=C)C2C1c1ccc(CC)cc1. The van der Waals surface area contributed by atoms with Crippen molar-refractivity contribution in [3.8, 4) is 0 Å². The van der Waals surface area contributed by atoms with Crippen molar-refractivity contribution in [2.75, 3.05) is 0 Å². The number of rotatable bonds is 9. The number of allylic oxidation sites excluding steroid dienone is 13. The predicted octanol–water partition coefficient (Wildman–Crippen LogP) is 11.3. The molecule has 2 unspecified atom stereocenters. The molecule has 2 atom stereocenters. The summed E-state index contributed by atoms with van der Waals surface area (Å²) in [4.78, 5) is 0. The second kappa shape index (κ2) is 11.8. The average molecular weight is 525 g/mol. The van der Waals surface area contributed by atoms with Crippen molar-refractivity contribution in [3.05, 3.63) is 154 Å². The van der Waals surface area contributed by atoms with Gasteiger partial charge in [-0.15, -0.1) is 0 Å². The minimum absolute atomic E-state index is 0.281. The number of benzene rings is 2. The lowest BCUT2D eigenvalue weighted by molar-refractivity contribution is 0.619. The molecular formula is C40H44. The van der Waals surface area contributed by atoms with Crippen molar-refractivity contribution in [3.63, 3.8) is 0 Å². The third-order valence-electron chi connectivity index (χ3n) is 9.05. The van der Waals surface area contributed by atoms with Gasteiger partial charge in [0.05, 0.1) is 0 Å². The lowest BCUT2D eigenvalue weighted by Crippen LogP contribution is -2.21. The number of fused-ring (bicyclic) bond motifs is 1. The summed E-state index contributed by atoms with van der Waals surface area (Å²) in [6.45, 7) is 22.5. The summed E-state index contributed by atoms with van der Waals surface area (Å²) in [5.74, 6) is 0.584. The third-order valence-corrected chi connectivity index (χ3v) is 9.05. The van der Waals surface area contributed by atoms with E-state index in [2.05, 4.69) is 114 Å². The molecule has 0 amide bonds. The van der Waals surface area contributed by atoms with Gasteiger partial charge in [0.15, 0.2) is 0 Å². The van der Waals surface area contributed by atoms with E-state index in [0.717, 1.165) is 38.5 Å². The summed E-state index contributed by atoms with van der Waals surface area (Å²) in [6, 6.07) is 18.2. The number of hydrogen-bond donors (Lipinski definition) is 0. The molecule has 1 saturated carbocycles. The first-order valence-corrected chi connectivity index (χ1v) is 15.1. The van der Waals surface area contributed by atoms with Crippen molar-refractivity contribution >= 4 is 11.1 Å². The Labute approximate surface area is 242 Å². The van der Waals surface area contributed by atoms with Crippen LogP contribution in [-0.2, 0) is 6.42 Å². The van der Waals surface area contributed by atoms with E-state index in [4.69, 9.17) is 6.58 Å². The summed E-state index contributed by atoms with van der Waals surface area (Å²) in [7, 11) is 0. The van der Waals surface area contributed by atoms with Crippen LogP contribution in [0.3, 0.4) is 0 Å². The Morgan fingerprint density at radius 2 is 1.70 bits per heavy atom. The van der Waals surface area contributed by atoms with Crippen molar-refractivity contribution < 1.29 is 0 Å². The van der Waals surface area contributed by atoms with Gasteiger partial charge < -0.3 is 0 Å². The van der Waals surface area contributed by atoms with Gasteiger partial charge in [0.2, 0.25) is 0 Å². The van der Waals surface area contributed by atoms with Crippen LogP contribution < -0.4 is 0 Å². The van der Waals surface area contributed by atoms with E-state index in [1.807, 2.05) is 0 Å². The van der Waals surface area contributed by atoms with Crippen molar-refractivity contribution in [2.45, 2.75) is 72.1 Å². The smallest absolute Gasteiger partial charge is 0.0201 e. The highest BCUT2D eigenvalue weighted by molar-refractivity contribution is 5.77. The normalized spacial score (nSPS) is 21.4. The first kappa shape index (κ1) is 27.9. The molecule has 0 nitrogen and oxygen atoms in total. The van der Waals surface area contributed by atoms with Gasteiger partial charge in [-0.2, -0.15) is 0 Å². The van der Waals surface area contributed by atoms with E-state index in [1.165, 1.54) is 72.4 Å². The van der Waals surface area contributed by atoms with Crippen LogP contribution in [0.25, 0.3) is 11.1 Å². The van der Waals surface area contributed by atoms with Crippen LogP contribution in [0.1, 0.15) is 88.0 Å². The molecule has 0 heteroatoms. The Morgan fingerprint density at radius 3 is 2.40 bits per heavy atom. The van der Waals surface area contributed by atoms with E-state index in [1.54, 1.807) is 0 Å². The van der Waals surface area contributed by atoms with Crippen molar-refractivity contribution in [1.29, 1.82) is 0 Å². The molecule has 0 N–H and O–H groups in total. The van der Waals surface area contributed by atoms with E-state index in [9.17, 15) is 0 Å². The van der Waals surface area contributed by atoms with Crippen molar-refractivity contribution in [2.24, 2.45) is 5.92 Å². The highest BCUT2D eigenvalue weighted by atomic mass is 14.4. The van der Waals surface area contributed by atoms with Gasteiger partial charge in [-0.25, -0.2) is 0 Å². The largest absolute Gasteiger partial charge is 0.0955 e. The molecule has 5 rings (SSSR count).